The van der Waals surface area contributed by atoms with Gasteiger partial charge in [0.1, 0.15) is 0 Å². The van der Waals surface area contributed by atoms with Crippen LogP contribution < -0.4 is 5.32 Å². The molecule has 0 unspecified atom stereocenters. The zero-order valence-electron chi connectivity index (χ0n) is 14.9. The van der Waals surface area contributed by atoms with E-state index >= 15 is 0 Å². The molecule has 3 amide bonds. The first-order chi connectivity index (χ1) is 11.5. The van der Waals surface area contributed by atoms with Crippen LogP contribution in [0.1, 0.15) is 28.8 Å². The molecule has 6 heteroatoms. The maximum Gasteiger partial charge on any atom is 0.317 e. The third-order valence-electron chi connectivity index (χ3n) is 4.35. The first kappa shape index (κ1) is 18.3. The van der Waals surface area contributed by atoms with Crippen molar-refractivity contribution in [2.45, 2.75) is 19.4 Å². The van der Waals surface area contributed by atoms with Gasteiger partial charge in [-0.05, 0) is 43.6 Å². The summed E-state index contributed by atoms with van der Waals surface area (Å²) in [4.78, 5) is 29.6. The number of carbonyl (C=O) groups excluding carboxylic acids is 2. The number of amides is 3. The third kappa shape index (κ3) is 5.23. The smallest absolute Gasteiger partial charge is 0.317 e. The van der Waals surface area contributed by atoms with E-state index in [1.807, 2.05) is 19.2 Å². The van der Waals surface area contributed by atoms with Gasteiger partial charge < -0.3 is 20.0 Å². The van der Waals surface area contributed by atoms with Crippen LogP contribution in [0.25, 0.3) is 0 Å². The van der Waals surface area contributed by atoms with Crippen molar-refractivity contribution in [3.8, 4) is 0 Å². The SMILES string of the molecule is CN(C)C(=O)c1ccc(CNC(=O)N(C)CCN2CCCC2)cc1. The predicted octanol–water partition coefficient (Wildman–Crippen LogP) is 1.63. The molecule has 1 aliphatic heterocycles. The summed E-state index contributed by atoms with van der Waals surface area (Å²) in [5.74, 6) is -0.0211. The Balaban J connectivity index is 1.75. The van der Waals surface area contributed by atoms with E-state index < -0.39 is 0 Å². The van der Waals surface area contributed by atoms with Crippen molar-refractivity contribution >= 4 is 11.9 Å². The fourth-order valence-electron chi connectivity index (χ4n) is 2.74. The normalized spacial score (nSPS) is 14.5. The first-order valence-electron chi connectivity index (χ1n) is 8.49. The van der Waals surface area contributed by atoms with Crippen LogP contribution in [0.2, 0.25) is 0 Å². The Morgan fingerprint density at radius 3 is 2.29 bits per heavy atom. The van der Waals surface area contributed by atoms with Crippen molar-refractivity contribution in [2.24, 2.45) is 0 Å². The Hall–Kier alpha value is -2.08. The Bertz CT molecular complexity index is 551. The van der Waals surface area contributed by atoms with Crippen molar-refractivity contribution in [1.29, 1.82) is 0 Å². The summed E-state index contributed by atoms with van der Waals surface area (Å²) in [6, 6.07) is 7.27. The molecule has 6 nitrogen and oxygen atoms in total. The third-order valence-corrected chi connectivity index (χ3v) is 4.35. The minimum absolute atomic E-state index is 0.0211. The molecule has 1 heterocycles. The molecular weight excluding hydrogens is 304 g/mol. The standard InChI is InChI=1S/C18H28N4O2/c1-20(2)17(23)16-8-6-15(7-9-16)14-19-18(24)21(3)12-13-22-10-4-5-11-22/h6-9H,4-5,10-14H2,1-3H3,(H,19,24). The van der Waals surface area contributed by atoms with Crippen molar-refractivity contribution in [2.75, 3.05) is 47.3 Å². The van der Waals surface area contributed by atoms with Crippen LogP contribution in [0.4, 0.5) is 4.79 Å². The van der Waals surface area contributed by atoms with E-state index in [2.05, 4.69) is 10.2 Å². The average molecular weight is 332 g/mol. The molecule has 1 fully saturated rings. The summed E-state index contributed by atoms with van der Waals surface area (Å²) in [7, 11) is 5.28. The number of benzene rings is 1. The molecule has 0 radical (unpaired) electrons. The highest BCUT2D eigenvalue weighted by molar-refractivity contribution is 5.93. The van der Waals surface area contributed by atoms with E-state index in [1.54, 1.807) is 36.0 Å². The summed E-state index contributed by atoms with van der Waals surface area (Å²) in [6.07, 6.45) is 2.53. The number of likely N-dealkylation sites (N-methyl/N-ethyl adjacent to an activating group) is 1. The van der Waals surface area contributed by atoms with Gasteiger partial charge in [-0.3, -0.25) is 4.79 Å². The molecule has 0 spiro atoms. The molecule has 1 N–H and O–H groups in total. The van der Waals surface area contributed by atoms with E-state index in [-0.39, 0.29) is 11.9 Å². The lowest BCUT2D eigenvalue weighted by atomic mass is 10.1. The van der Waals surface area contributed by atoms with Gasteiger partial charge in [-0.15, -0.1) is 0 Å². The molecule has 2 rings (SSSR count). The van der Waals surface area contributed by atoms with Crippen molar-refractivity contribution in [3.05, 3.63) is 35.4 Å². The van der Waals surface area contributed by atoms with Crippen LogP contribution in [-0.4, -0.2) is 74.0 Å². The van der Waals surface area contributed by atoms with Crippen LogP contribution >= 0.6 is 0 Å². The van der Waals surface area contributed by atoms with E-state index in [4.69, 9.17) is 0 Å². The van der Waals surface area contributed by atoms with Crippen LogP contribution in [0.15, 0.2) is 24.3 Å². The van der Waals surface area contributed by atoms with E-state index in [9.17, 15) is 9.59 Å². The number of carbonyl (C=O) groups is 2. The molecule has 1 aromatic carbocycles. The van der Waals surface area contributed by atoms with Crippen LogP contribution in [0.3, 0.4) is 0 Å². The monoisotopic (exact) mass is 332 g/mol. The van der Waals surface area contributed by atoms with Crippen molar-refractivity contribution in [3.63, 3.8) is 0 Å². The average Bonchev–Trinajstić information content (AvgIpc) is 3.10. The zero-order valence-corrected chi connectivity index (χ0v) is 14.9. The number of rotatable bonds is 6. The van der Waals surface area contributed by atoms with E-state index in [1.165, 1.54) is 12.8 Å². The van der Waals surface area contributed by atoms with Crippen LogP contribution in [0.5, 0.6) is 0 Å². The minimum atomic E-state index is -0.0670. The first-order valence-corrected chi connectivity index (χ1v) is 8.49. The van der Waals surface area contributed by atoms with Crippen LogP contribution in [-0.2, 0) is 6.54 Å². The second kappa shape index (κ2) is 8.68. The molecule has 0 aromatic heterocycles. The maximum absolute atomic E-state index is 12.1. The summed E-state index contributed by atoms with van der Waals surface area (Å²) < 4.78 is 0. The molecule has 1 saturated heterocycles. The van der Waals surface area contributed by atoms with E-state index in [0.29, 0.717) is 12.1 Å². The fraction of sp³-hybridized carbons (Fsp3) is 0.556. The van der Waals surface area contributed by atoms with Gasteiger partial charge in [0.2, 0.25) is 0 Å². The number of likely N-dealkylation sites (tertiary alicyclic amines) is 1. The van der Waals surface area contributed by atoms with Gasteiger partial charge in [-0.25, -0.2) is 4.79 Å². The lowest BCUT2D eigenvalue weighted by molar-refractivity contribution is 0.0827. The fourth-order valence-corrected chi connectivity index (χ4v) is 2.74. The van der Waals surface area contributed by atoms with Gasteiger partial charge in [-0.1, -0.05) is 12.1 Å². The molecule has 1 aliphatic rings. The second-order valence-corrected chi connectivity index (χ2v) is 6.53. The van der Waals surface area contributed by atoms with E-state index in [0.717, 1.165) is 31.7 Å². The van der Waals surface area contributed by atoms with Gasteiger partial charge in [0.15, 0.2) is 0 Å². The van der Waals surface area contributed by atoms with Gasteiger partial charge >= 0.3 is 6.03 Å². The Morgan fingerprint density at radius 1 is 1.08 bits per heavy atom. The number of nitrogens with zero attached hydrogens (tertiary/aromatic N) is 3. The molecule has 0 bridgehead atoms. The highest BCUT2D eigenvalue weighted by Gasteiger charge is 2.14. The summed E-state index contributed by atoms with van der Waals surface area (Å²) >= 11 is 0. The molecule has 0 saturated carbocycles. The van der Waals surface area contributed by atoms with Gasteiger partial charge in [-0.2, -0.15) is 0 Å². The van der Waals surface area contributed by atoms with Crippen molar-refractivity contribution in [1.82, 2.24) is 20.0 Å². The Kier molecular flexibility index (Phi) is 6.61. The van der Waals surface area contributed by atoms with Gasteiger partial charge in [0, 0.05) is 46.3 Å². The number of urea groups is 1. The summed E-state index contributed by atoms with van der Waals surface area (Å²) in [5, 5.41) is 2.92. The highest BCUT2D eigenvalue weighted by atomic mass is 16.2. The van der Waals surface area contributed by atoms with Gasteiger partial charge in [0.25, 0.3) is 5.91 Å². The molecule has 0 aliphatic carbocycles. The highest BCUT2D eigenvalue weighted by Crippen LogP contribution is 2.08. The zero-order chi connectivity index (χ0) is 17.5. The molecule has 0 atom stereocenters. The number of hydrogen-bond acceptors (Lipinski definition) is 3. The Morgan fingerprint density at radius 2 is 1.71 bits per heavy atom. The quantitative estimate of drug-likeness (QED) is 0.861. The largest absolute Gasteiger partial charge is 0.345 e. The van der Waals surface area contributed by atoms with Gasteiger partial charge in [0.05, 0.1) is 0 Å². The Labute approximate surface area is 144 Å². The molecular formula is C18H28N4O2. The minimum Gasteiger partial charge on any atom is -0.345 e. The summed E-state index contributed by atoms with van der Waals surface area (Å²) in [6.45, 7) is 4.43. The number of nitrogens with one attached hydrogen (secondary N) is 1. The summed E-state index contributed by atoms with van der Waals surface area (Å²) in [5.41, 5.74) is 1.63. The molecule has 24 heavy (non-hydrogen) atoms. The van der Waals surface area contributed by atoms with Crippen molar-refractivity contribution < 1.29 is 9.59 Å². The lowest BCUT2D eigenvalue weighted by Crippen LogP contribution is -2.41. The molecule has 1 aromatic rings. The lowest BCUT2D eigenvalue weighted by Gasteiger charge is -2.22. The predicted molar refractivity (Wildman–Crippen MR) is 95.0 cm³/mol. The number of hydrogen-bond donors (Lipinski definition) is 1. The second-order valence-electron chi connectivity index (χ2n) is 6.53. The molecule has 132 valence electrons. The van der Waals surface area contributed by atoms with Crippen LogP contribution in [0, 0.1) is 0 Å². The maximum atomic E-state index is 12.1. The topological polar surface area (TPSA) is 55.9 Å².